The molecule has 1 amide bonds. The number of hydrogen-bond acceptors (Lipinski definition) is 5. The summed E-state index contributed by atoms with van der Waals surface area (Å²) in [5, 5.41) is 13.4. The molecule has 1 aliphatic heterocycles. The van der Waals surface area contributed by atoms with Gasteiger partial charge in [0.2, 0.25) is 0 Å². The number of carbonyl (C=O) groups is 2. The average Bonchev–Trinajstić information content (AvgIpc) is 3.37. The van der Waals surface area contributed by atoms with Crippen molar-refractivity contribution in [3.8, 4) is 5.75 Å². The van der Waals surface area contributed by atoms with Gasteiger partial charge in [0.25, 0.3) is 11.7 Å². The number of benzene rings is 2. The zero-order valence-corrected chi connectivity index (χ0v) is 18.0. The molecule has 1 saturated heterocycles. The standard InChI is InChI=1S/C22H15Cl2NO4S/c1-29-14-5-2-4-13(11-14)25-19(17-6-3-9-30-17)18(21(27)22(25)28)20(26)12-7-8-15(23)16(24)10-12/h2-11,19,26H,1H3/b20-18-. The highest BCUT2D eigenvalue weighted by Gasteiger charge is 2.47. The van der Waals surface area contributed by atoms with E-state index < -0.39 is 17.7 Å². The number of ketones is 1. The third kappa shape index (κ3) is 3.47. The predicted molar refractivity (Wildman–Crippen MR) is 119 cm³/mol. The minimum atomic E-state index is -0.786. The lowest BCUT2D eigenvalue weighted by molar-refractivity contribution is -0.132. The molecule has 152 valence electrons. The summed E-state index contributed by atoms with van der Waals surface area (Å²) in [6.45, 7) is 0. The van der Waals surface area contributed by atoms with Crippen LogP contribution in [-0.2, 0) is 9.59 Å². The summed E-state index contributed by atoms with van der Waals surface area (Å²) in [5.41, 5.74) is 0.779. The van der Waals surface area contributed by atoms with E-state index in [1.165, 1.54) is 35.5 Å². The minimum absolute atomic E-state index is 0.0105. The van der Waals surface area contributed by atoms with Crippen molar-refractivity contribution in [1.82, 2.24) is 0 Å². The first-order valence-corrected chi connectivity index (χ1v) is 10.5. The van der Waals surface area contributed by atoms with Gasteiger partial charge in [0.15, 0.2) is 0 Å². The number of rotatable bonds is 4. The van der Waals surface area contributed by atoms with Crippen molar-refractivity contribution in [1.29, 1.82) is 0 Å². The molecule has 1 aromatic heterocycles. The normalized spacial score (nSPS) is 18.1. The molecule has 5 nitrogen and oxygen atoms in total. The Bertz CT molecular complexity index is 1170. The number of aliphatic hydroxyl groups excluding tert-OH is 1. The monoisotopic (exact) mass is 459 g/mol. The number of Topliss-reactive ketones (excluding diaryl/α,β-unsaturated/α-hetero) is 1. The topological polar surface area (TPSA) is 66.8 Å². The van der Waals surface area contributed by atoms with Crippen molar-refractivity contribution >= 4 is 57.7 Å². The number of thiophene rings is 1. The van der Waals surface area contributed by atoms with Crippen LogP contribution in [0.25, 0.3) is 5.76 Å². The van der Waals surface area contributed by atoms with Crippen LogP contribution in [0.5, 0.6) is 5.75 Å². The number of hydrogen-bond donors (Lipinski definition) is 1. The van der Waals surface area contributed by atoms with Crippen molar-refractivity contribution in [2.75, 3.05) is 12.0 Å². The van der Waals surface area contributed by atoms with Gasteiger partial charge in [-0.2, -0.15) is 0 Å². The maximum Gasteiger partial charge on any atom is 0.300 e. The quantitative estimate of drug-likeness (QED) is 0.309. The van der Waals surface area contributed by atoms with Crippen molar-refractivity contribution in [2.45, 2.75) is 6.04 Å². The van der Waals surface area contributed by atoms with E-state index in [1.807, 2.05) is 17.5 Å². The maximum atomic E-state index is 13.0. The summed E-state index contributed by atoms with van der Waals surface area (Å²) < 4.78 is 5.26. The zero-order valence-electron chi connectivity index (χ0n) is 15.6. The molecule has 1 atom stereocenters. The van der Waals surface area contributed by atoms with E-state index in [0.29, 0.717) is 22.0 Å². The van der Waals surface area contributed by atoms with Crippen LogP contribution in [0.2, 0.25) is 10.0 Å². The van der Waals surface area contributed by atoms with Gasteiger partial charge in [-0.15, -0.1) is 11.3 Å². The number of anilines is 1. The van der Waals surface area contributed by atoms with Gasteiger partial charge in [-0.05, 0) is 41.8 Å². The molecule has 30 heavy (non-hydrogen) atoms. The Morgan fingerprint density at radius 2 is 1.87 bits per heavy atom. The molecule has 0 bridgehead atoms. The van der Waals surface area contributed by atoms with Crippen molar-refractivity contribution in [3.63, 3.8) is 0 Å². The molecule has 2 aromatic carbocycles. The largest absolute Gasteiger partial charge is 0.507 e. The van der Waals surface area contributed by atoms with E-state index in [9.17, 15) is 14.7 Å². The second-order valence-electron chi connectivity index (χ2n) is 6.51. The van der Waals surface area contributed by atoms with Crippen LogP contribution >= 0.6 is 34.5 Å². The van der Waals surface area contributed by atoms with Crippen LogP contribution in [0.15, 0.2) is 65.6 Å². The number of methoxy groups -OCH3 is 1. The molecule has 4 rings (SSSR count). The summed E-state index contributed by atoms with van der Waals surface area (Å²) in [4.78, 5) is 28.2. The first-order chi connectivity index (χ1) is 14.4. The number of ether oxygens (including phenoxy) is 1. The number of halogens is 2. The third-order valence-electron chi connectivity index (χ3n) is 4.78. The molecule has 1 aliphatic rings. The first-order valence-electron chi connectivity index (χ1n) is 8.86. The smallest absolute Gasteiger partial charge is 0.300 e. The summed E-state index contributed by atoms with van der Waals surface area (Å²) in [5.74, 6) is -1.28. The van der Waals surface area contributed by atoms with Gasteiger partial charge in [0, 0.05) is 22.2 Å². The Morgan fingerprint density at radius 1 is 1.07 bits per heavy atom. The minimum Gasteiger partial charge on any atom is -0.507 e. The van der Waals surface area contributed by atoms with E-state index in [4.69, 9.17) is 27.9 Å². The summed E-state index contributed by atoms with van der Waals surface area (Å²) in [7, 11) is 1.52. The number of aliphatic hydroxyl groups is 1. The molecule has 0 aliphatic carbocycles. The third-order valence-corrected chi connectivity index (χ3v) is 6.45. The molecule has 0 spiro atoms. The average molecular weight is 460 g/mol. The molecule has 1 unspecified atom stereocenters. The van der Waals surface area contributed by atoms with E-state index in [2.05, 4.69) is 0 Å². The Balaban J connectivity index is 1.92. The van der Waals surface area contributed by atoms with Gasteiger partial charge in [-0.25, -0.2) is 0 Å². The van der Waals surface area contributed by atoms with E-state index in [-0.39, 0.29) is 16.4 Å². The Morgan fingerprint density at radius 3 is 2.53 bits per heavy atom. The Labute approximate surface area is 186 Å². The summed E-state index contributed by atoms with van der Waals surface area (Å²) >= 11 is 13.4. The van der Waals surface area contributed by atoms with Crippen LogP contribution in [0.3, 0.4) is 0 Å². The van der Waals surface area contributed by atoms with E-state index >= 15 is 0 Å². The summed E-state index contributed by atoms with van der Waals surface area (Å²) in [6, 6.07) is 14.3. The van der Waals surface area contributed by atoms with Crippen molar-refractivity contribution < 1.29 is 19.4 Å². The van der Waals surface area contributed by atoms with Gasteiger partial charge in [0.1, 0.15) is 17.6 Å². The molecule has 0 radical (unpaired) electrons. The molecule has 2 heterocycles. The lowest BCUT2D eigenvalue weighted by Crippen LogP contribution is -2.29. The lowest BCUT2D eigenvalue weighted by atomic mass is 9.99. The first kappa shape index (κ1) is 20.5. The number of nitrogens with zero attached hydrogens (tertiary/aromatic N) is 1. The highest BCUT2D eigenvalue weighted by atomic mass is 35.5. The van der Waals surface area contributed by atoms with Gasteiger partial charge in [0.05, 0.1) is 22.7 Å². The molecule has 1 fully saturated rings. The molecule has 1 N–H and O–H groups in total. The fourth-order valence-corrected chi connectivity index (χ4v) is 4.50. The fourth-order valence-electron chi connectivity index (χ4n) is 3.37. The fraction of sp³-hybridized carbons (Fsp3) is 0.0909. The van der Waals surface area contributed by atoms with Crippen molar-refractivity contribution in [3.05, 3.63) is 86.0 Å². The highest BCUT2D eigenvalue weighted by molar-refractivity contribution is 7.10. The Kier molecular flexibility index (Phi) is 5.56. The van der Waals surface area contributed by atoms with E-state index in [0.717, 1.165) is 4.88 Å². The second kappa shape index (κ2) is 8.14. The van der Waals surface area contributed by atoms with Crippen LogP contribution in [0.1, 0.15) is 16.5 Å². The molecule has 3 aromatic rings. The SMILES string of the molecule is COc1cccc(N2C(=O)C(=O)/C(=C(\O)c3ccc(Cl)c(Cl)c3)C2c2cccs2)c1. The molecule has 8 heteroatoms. The van der Waals surface area contributed by atoms with Crippen LogP contribution in [0.4, 0.5) is 5.69 Å². The predicted octanol–water partition coefficient (Wildman–Crippen LogP) is 5.69. The summed E-state index contributed by atoms with van der Waals surface area (Å²) in [6.07, 6.45) is 0. The Hall–Kier alpha value is -2.80. The number of amides is 1. The molecular weight excluding hydrogens is 445 g/mol. The second-order valence-corrected chi connectivity index (χ2v) is 8.31. The van der Waals surface area contributed by atoms with Gasteiger partial charge < -0.3 is 9.84 Å². The number of carbonyl (C=O) groups excluding carboxylic acids is 2. The molecular formula is C22H15Cl2NO4S. The van der Waals surface area contributed by atoms with Crippen LogP contribution in [-0.4, -0.2) is 23.9 Å². The highest BCUT2D eigenvalue weighted by Crippen LogP contribution is 2.44. The van der Waals surface area contributed by atoms with Crippen LogP contribution in [0, 0.1) is 0 Å². The van der Waals surface area contributed by atoms with Gasteiger partial charge in [-0.3, -0.25) is 14.5 Å². The van der Waals surface area contributed by atoms with Gasteiger partial charge in [-0.1, -0.05) is 35.3 Å². The van der Waals surface area contributed by atoms with E-state index in [1.54, 1.807) is 30.3 Å². The lowest BCUT2D eigenvalue weighted by Gasteiger charge is -2.24. The maximum absolute atomic E-state index is 13.0. The van der Waals surface area contributed by atoms with Gasteiger partial charge >= 0.3 is 0 Å². The van der Waals surface area contributed by atoms with Crippen LogP contribution < -0.4 is 9.64 Å². The zero-order chi connectivity index (χ0) is 21.4. The molecule has 0 saturated carbocycles. The van der Waals surface area contributed by atoms with Crippen molar-refractivity contribution in [2.24, 2.45) is 0 Å².